The minimum Gasteiger partial charge on any atom is -0.496 e. The molecule has 0 bridgehead atoms. The van der Waals surface area contributed by atoms with Gasteiger partial charge in [-0.2, -0.15) is 0 Å². The summed E-state index contributed by atoms with van der Waals surface area (Å²) in [5.74, 6) is 4.24. The van der Waals surface area contributed by atoms with Crippen molar-refractivity contribution < 1.29 is 14.6 Å². The van der Waals surface area contributed by atoms with E-state index in [1.807, 2.05) is 61.8 Å². The third kappa shape index (κ3) is 9.29. The van der Waals surface area contributed by atoms with Crippen molar-refractivity contribution in [3.05, 3.63) is 79.4 Å². The summed E-state index contributed by atoms with van der Waals surface area (Å²) in [7, 11) is 3.35. The van der Waals surface area contributed by atoms with Gasteiger partial charge >= 0.3 is 6.03 Å². The largest absolute Gasteiger partial charge is 0.496 e. The number of aromatic nitrogens is 7. The Kier molecular flexibility index (Phi) is 12.2. The number of methoxy groups -OCH3 is 1. The zero-order valence-corrected chi connectivity index (χ0v) is 34.2. The monoisotopic (exact) mass is 821 g/mol. The molecule has 58 heavy (non-hydrogen) atoms. The highest BCUT2D eigenvalue weighted by molar-refractivity contribution is 7.98. The van der Waals surface area contributed by atoms with Gasteiger partial charge in [0.2, 0.25) is 11.9 Å². The fourth-order valence-electron chi connectivity index (χ4n) is 7.69. The van der Waals surface area contributed by atoms with Gasteiger partial charge < -0.3 is 36.0 Å². The second-order valence-corrected chi connectivity index (χ2v) is 16.6. The summed E-state index contributed by atoms with van der Waals surface area (Å²) < 4.78 is 5.92. The zero-order chi connectivity index (χ0) is 40.0. The summed E-state index contributed by atoms with van der Waals surface area (Å²) in [4.78, 5) is 49.1. The predicted molar refractivity (Wildman–Crippen MR) is 228 cm³/mol. The molecular formula is C40H47N13O3S2. The topological polar surface area (TPSA) is 191 Å². The predicted octanol–water partition coefficient (Wildman–Crippen LogP) is 6.22. The van der Waals surface area contributed by atoms with Crippen molar-refractivity contribution in [2.24, 2.45) is 0 Å². The lowest BCUT2D eigenvalue weighted by Gasteiger charge is -2.20. The van der Waals surface area contributed by atoms with Gasteiger partial charge in [0.15, 0.2) is 6.23 Å². The lowest BCUT2D eigenvalue weighted by Crippen LogP contribution is -2.34. The van der Waals surface area contributed by atoms with Crippen LogP contribution in [0.25, 0.3) is 11.1 Å². The van der Waals surface area contributed by atoms with Gasteiger partial charge in [0.25, 0.3) is 0 Å². The molecule has 5 N–H and O–H groups in total. The van der Waals surface area contributed by atoms with E-state index < -0.39 is 6.23 Å². The van der Waals surface area contributed by atoms with Crippen LogP contribution in [0.3, 0.4) is 0 Å². The molecular weight excluding hydrogens is 775 g/mol. The number of amides is 2. The molecule has 5 aromatic rings. The van der Waals surface area contributed by atoms with E-state index in [2.05, 4.69) is 57.2 Å². The quantitative estimate of drug-likeness (QED) is 0.0747. The summed E-state index contributed by atoms with van der Waals surface area (Å²) in [6.45, 7) is 0.267. The van der Waals surface area contributed by atoms with Crippen LogP contribution < -0.4 is 30.9 Å². The number of nitrogens with zero attached hydrogens (tertiary/aromatic N) is 9. The number of nitrogens with one attached hydrogen (secondary N) is 4. The Balaban J connectivity index is 0.798. The van der Waals surface area contributed by atoms with Crippen LogP contribution in [-0.4, -0.2) is 108 Å². The Morgan fingerprint density at radius 2 is 1.33 bits per heavy atom. The summed E-state index contributed by atoms with van der Waals surface area (Å²) in [6, 6.07) is 8.56. The third-order valence-corrected chi connectivity index (χ3v) is 12.3. The minimum absolute atomic E-state index is 0.224. The van der Waals surface area contributed by atoms with Gasteiger partial charge in [-0.1, -0.05) is 0 Å². The van der Waals surface area contributed by atoms with E-state index >= 15 is 0 Å². The first-order valence-corrected chi connectivity index (χ1v) is 21.6. The highest BCUT2D eigenvalue weighted by Gasteiger charge is 2.35. The fraction of sp³-hybridized carbons (Fsp3) is 0.400. The number of hydrogen-bond acceptors (Lipinski definition) is 16. The van der Waals surface area contributed by atoms with Crippen LogP contribution in [0.5, 0.6) is 5.75 Å². The van der Waals surface area contributed by atoms with Gasteiger partial charge in [-0.15, -0.1) is 23.5 Å². The molecule has 3 aliphatic rings. The van der Waals surface area contributed by atoms with E-state index in [0.717, 1.165) is 82.4 Å². The number of carbonyl (C=O) groups is 1. The van der Waals surface area contributed by atoms with Crippen molar-refractivity contribution in [1.29, 1.82) is 0 Å². The van der Waals surface area contributed by atoms with Crippen molar-refractivity contribution in [3.63, 3.8) is 0 Å². The number of β-amino-alcohol motifs (C(OH)–C–C–N with tert-alkyl or cyclic N) is 1. The first-order chi connectivity index (χ1) is 28.3. The number of pyridine rings is 3. The first-order valence-electron chi connectivity index (χ1n) is 19.3. The molecule has 6 heterocycles. The van der Waals surface area contributed by atoms with E-state index in [1.54, 1.807) is 49.9 Å². The van der Waals surface area contributed by atoms with Gasteiger partial charge in [-0.25, -0.2) is 34.7 Å². The van der Waals surface area contributed by atoms with Crippen LogP contribution in [-0.2, 0) is 5.75 Å². The highest BCUT2D eigenvalue weighted by atomic mass is 32.2. The average Bonchev–Trinajstić information content (AvgIpc) is 3.96. The maximum Gasteiger partial charge on any atom is 0.326 e. The first kappa shape index (κ1) is 39.4. The summed E-state index contributed by atoms with van der Waals surface area (Å²) in [5, 5.41) is 24.3. The number of likely N-dealkylation sites (N-methyl/N-ethyl adjacent to an activating group) is 1. The van der Waals surface area contributed by atoms with Crippen molar-refractivity contribution in [1.82, 2.24) is 39.8 Å². The number of rotatable bonds is 15. The maximum absolute atomic E-state index is 12.4. The van der Waals surface area contributed by atoms with E-state index in [1.165, 1.54) is 9.80 Å². The van der Waals surface area contributed by atoms with Crippen LogP contribution in [0.2, 0.25) is 0 Å². The maximum atomic E-state index is 12.4. The van der Waals surface area contributed by atoms with Gasteiger partial charge in [0.1, 0.15) is 17.4 Å². The van der Waals surface area contributed by atoms with Crippen LogP contribution in [0.15, 0.2) is 83.6 Å². The molecule has 16 nitrogen and oxygen atoms in total. The highest BCUT2D eigenvalue weighted by Crippen LogP contribution is 2.36. The molecule has 2 amide bonds. The van der Waals surface area contributed by atoms with Crippen molar-refractivity contribution in [2.45, 2.75) is 84.5 Å². The lowest BCUT2D eigenvalue weighted by molar-refractivity contribution is 0.183. The molecule has 302 valence electrons. The number of thioether (sulfide) groups is 2. The number of hydrogen-bond donors (Lipinski definition) is 5. The second kappa shape index (κ2) is 18.0. The molecule has 18 heteroatoms. The SMILES string of the molecule is COc1c(CSc2cnc(N[C@H]3CC[C@H](Nc4ccc(N5C(=O)N(C)CC5O)cn4)C3)nc2)cncc1-c1ccc(N[C@H]2CC[C@H](Nc3ncc(SC)cn3)C2)nc1. The van der Waals surface area contributed by atoms with E-state index in [9.17, 15) is 9.90 Å². The number of anilines is 5. The zero-order valence-electron chi connectivity index (χ0n) is 32.6. The Morgan fingerprint density at radius 1 is 0.741 bits per heavy atom. The molecule has 3 fully saturated rings. The molecule has 0 radical (unpaired) electrons. The number of carbonyl (C=O) groups excluding carboxylic acids is 1. The third-order valence-electron chi connectivity index (χ3n) is 10.7. The Labute approximate surface area is 345 Å². The number of aliphatic hydroxyl groups excluding tert-OH is 1. The number of urea groups is 1. The Bertz CT molecular complexity index is 2150. The molecule has 1 aliphatic heterocycles. The summed E-state index contributed by atoms with van der Waals surface area (Å²) in [6.07, 6.45) is 21.5. The van der Waals surface area contributed by atoms with Crippen LogP contribution in [0, 0.1) is 0 Å². The van der Waals surface area contributed by atoms with E-state index in [-0.39, 0.29) is 24.7 Å². The summed E-state index contributed by atoms with van der Waals surface area (Å²) >= 11 is 3.26. The Hall–Kier alpha value is -5.46. The Morgan fingerprint density at radius 3 is 1.84 bits per heavy atom. The molecule has 0 spiro atoms. The molecule has 0 aromatic carbocycles. The average molecular weight is 822 g/mol. The van der Waals surface area contributed by atoms with Gasteiger partial charge in [0, 0.05) is 107 Å². The molecule has 1 unspecified atom stereocenters. The molecule has 1 saturated heterocycles. The lowest BCUT2D eigenvalue weighted by atomic mass is 10.1. The van der Waals surface area contributed by atoms with Gasteiger partial charge in [0.05, 0.1) is 25.5 Å². The van der Waals surface area contributed by atoms with Gasteiger partial charge in [-0.05, 0) is 69.0 Å². The van der Waals surface area contributed by atoms with Crippen LogP contribution >= 0.6 is 23.5 Å². The van der Waals surface area contributed by atoms with Crippen molar-refractivity contribution >= 4 is 58.8 Å². The standard InChI is InChI=1S/C40H47N13O3S2/c1-52-22-36(54)53(40(52)55)30-9-11-35(43-16-30)49-27-6-8-29(13-27)51-39-46-19-32(20-47-39)58-23-25-14-41-21-33(37(25)56-2)24-4-10-34(42-15-24)48-26-5-7-28(12-26)50-38-44-17-31(57-3)18-45-38/h4,9-11,14-21,26-29,36,54H,5-8,12-13,22-23H2,1-3H3,(H,42,48)(H,43,49)(H,44,45,50)(H,46,47,51)/t26-,27-,28-,29-,36?/m0/s1. The van der Waals surface area contributed by atoms with Crippen LogP contribution in [0.4, 0.5) is 34.0 Å². The molecule has 2 aliphatic carbocycles. The van der Waals surface area contributed by atoms with E-state index in [0.29, 0.717) is 35.4 Å². The molecule has 8 rings (SSSR count). The van der Waals surface area contributed by atoms with Crippen LogP contribution in [0.1, 0.15) is 44.1 Å². The van der Waals surface area contributed by atoms with Crippen molar-refractivity contribution in [3.8, 4) is 16.9 Å². The number of ether oxygens (including phenoxy) is 1. The summed E-state index contributed by atoms with van der Waals surface area (Å²) in [5.41, 5.74) is 3.35. The number of aliphatic hydroxyl groups is 1. The normalized spacial score (nSPS) is 21.7. The molecule has 2 saturated carbocycles. The second-order valence-electron chi connectivity index (χ2n) is 14.7. The van der Waals surface area contributed by atoms with Crippen molar-refractivity contribution in [2.75, 3.05) is 53.1 Å². The minimum atomic E-state index is -0.880. The fourth-order valence-corrected chi connectivity index (χ4v) is 8.78. The molecule has 5 atom stereocenters. The smallest absolute Gasteiger partial charge is 0.326 e. The molecule has 5 aromatic heterocycles. The van der Waals surface area contributed by atoms with Gasteiger partial charge in [-0.3, -0.25) is 9.88 Å². The van der Waals surface area contributed by atoms with E-state index in [4.69, 9.17) is 9.72 Å².